The summed E-state index contributed by atoms with van der Waals surface area (Å²) in [7, 11) is 0. The summed E-state index contributed by atoms with van der Waals surface area (Å²) < 4.78 is 0. The number of fused-ring (bicyclic) bond motifs is 1. The van der Waals surface area contributed by atoms with Gasteiger partial charge in [-0.15, -0.1) is 0 Å². The fourth-order valence-electron chi connectivity index (χ4n) is 3.35. The van der Waals surface area contributed by atoms with Crippen molar-refractivity contribution in [1.82, 2.24) is 10.3 Å². The molecule has 0 saturated carbocycles. The number of carbonyl (C=O) groups is 2. The molecule has 6 nitrogen and oxygen atoms in total. The molecule has 0 atom stereocenters. The quantitative estimate of drug-likeness (QED) is 0.393. The molecular formula is C24H21N3O3. The van der Waals surface area contributed by atoms with Crippen LogP contribution in [-0.4, -0.2) is 28.4 Å². The summed E-state index contributed by atoms with van der Waals surface area (Å²) in [6.07, 6.45) is 2.48. The highest BCUT2D eigenvalue weighted by atomic mass is 16.3. The van der Waals surface area contributed by atoms with E-state index in [9.17, 15) is 14.7 Å². The van der Waals surface area contributed by atoms with E-state index in [2.05, 4.69) is 15.6 Å². The molecule has 30 heavy (non-hydrogen) atoms. The number of phenols is 1. The van der Waals surface area contributed by atoms with E-state index in [-0.39, 0.29) is 17.6 Å². The molecule has 0 aliphatic heterocycles. The van der Waals surface area contributed by atoms with Crippen LogP contribution in [0.4, 0.5) is 5.69 Å². The number of phenolic OH excluding ortho intramolecular Hbond substituents is 1. The second-order valence-electron chi connectivity index (χ2n) is 6.92. The van der Waals surface area contributed by atoms with Gasteiger partial charge >= 0.3 is 0 Å². The number of rotatable bonds is 6. The summed E-state index contributed by atoms with van der Waals surface area (Å²) in [5.74, 6) is -0.327. The third-order valence-electron chi connectivity index (χ3n) is 4.89. The lowest BCUT2D eigenvalue weighted by atomic mass is 10.1. The second-order valence-corrected chi connectivity index (χ2v) is 6.92. The summed E-state index contributed by atoms with van der Waals surface area (Å²) in [6.45, 7) is 0.419. The van der Waals surface area contributed by atoms with Crippen molar-refractivity contribution in [2.75, 3.05) is 11.9 Å². The molecule has 4 rings (SSSR count). The van der Waals surface area contributed by atoms with Gasteiger partial charge in [-0.3, -0.25) is 9.59 Å². The van der Waals surface area contributed by atoms with Gasteiger partial charge in [0.2, 0.25) is 0 Å². The Kier molecular flexibility index (Phi) is 5.48. The number of hydrogen-bond donors (Lipinski definition) is 4. The average molecular weight is 399 g/mol. The molecule has 0 aliphatic rings. The molecule has 0 spiro atoms. The molecule has 0 saturated heterocycles. The van der Waals surface area contributed by atoms with Gasteiger partial charge in [-0.05, 0) is 54.4 Å². The first-order chi connectivity index (χ1) is 14.6. The Bertz CT molecular complexity index is 1200. The van der Waals surface area contributed by atoms with Gasteiger partial charge < -0.3 is 20.7 Å². The smallest absolute Gasteiger partial charge is 0.255 e. The van der Waals surface area contributed by atoms with Gasteiger partial charge in [0.15, 0.2) is 0 Å². The predicted octanol–water partition coefficient (Wildman–Crippen LogP) is 4.10. The van der Waals surface area contributed by atoms with Crippen molar-refractivity contribution in [3.8, 4) is 5.75 Å². The van der Waals surface area contributed by atoms with Crippen molar-refractivity contribution in [1.29, 1.82) is 0 Å². The van der Waals surface area contributed by atoms with Gasteiger partial charge in [0.1, 0.15) is 5.75 Å². The van der Waals surface area contributed by atoms with Crippen LogP contribution in [-0.2, 0) is 6.42 Å². The molecule has 2 amide bonds. The van der Waals surface area contributed by atoms with Crippen molar-refractivity contribution in [3.63, 3.8) is 0 Å². The lowest BCUT2D eigenvalue weighted by Gasteiger charge is -2.11. The molecule has 4 aromatic rings. The third kappa shape index (κ3) is 4.17. The van der Waals surface area contributed by atoms with E-state index in [1.165, 1.54) is 0 Å². The van der Waals surface area contributed by atoms with E-state index in [1.807, 2.05) is 18.3 Å². The standard InChI is InChI=1S/C24H21N3O3/c28-18-10-11-21-20(14-18)17(15-26-21)12-13-25-24(30)19-8-4-5-9-22(19)27-23(29)16-6-2-1-3-7-16/h1-11,14-15,26,28H,12-13H2,(H,25,30)(H,27,29). The van der Waals surface area contributed by atoms with E-state index in [0.717, 1.165) is 16.5 Å². The average Bonchev–Trinajstić information content (AvgIpc) is 3.16. The van der Waals surface area contributed by atoms with E-state index >= 15 is 0 Å². The predicted molar refractivity (Wildman–Crippen MR) is 117 cm³/mol. The second kappa shape index (κ2) is 8.53. The van der Waals surface area contributed by atoms with Gasteiger partial charge in [-0.2, -0.15) is 0 Å². The molecule has 4 N–H and O–H groups in total. The molecule has 1 aromatic heterocycles. The van der Waals surface area contributed by atoms with Crippen LogP contribution in [0.15, 0.2) is 79.0 Å². The van der Waals surface area contributed by atoms with Crippen LogP contribution in [0.5, 0.6) is 5.75 Å². The monoisotopic (exact) mass is 399 g/mol. The molecule has 0 bridgehead atoms. The van der Waals surface area contributed by atoms with Crippen LogP contribution >= 0.6 is 0 Å². The first-order valence-electron chi connectivity index (χ1n) is 9.64. The highest BCUT2D eigenvalue weighted by Gasteiger charge is 2.14. The zero-order chi connectivity index (χ0) is 20.9. The normalized spacial score (nSPS) is 10.7. The van der Waals surface area contributed by atoms with Crippen molar-refractivity contribution in [3.05, 3.63) is 95.7 Å². The van der Waals surface area contributed by atoms with Crippen molar-refractivity contribution in [2.45, 2.75) is 6.42 Å². The lowest BCUT2D eigenvalue weighted by molar-refractivity contribution is 0.0955. The van der Waals surface area contributed by atoms with Crippen LogP contribution < -0.4 is 10.6 Å². The van der Waals surface area contributed by atoms with Gasteiger partial charge in [0.05, 0.1) is 11.3 Å². The molecule has 3 aromatic carbocycles. The number of carbonyl (C=O) groups excluding carboxylic acids is 2. The fourth-order valence-corrected chi connectivity index (χ4v) is 3.35. The number of benzene rings is 3. The molecule has 0 unspecified atom stereocenters. The Morgan fingerprint density at radius 1 is 0.900 bits per heavy atom. The number of amides is 2. The molecule has 0 aliphatic carbocycles. The minimum Gasteiger partial charge on any atom is -0.508 e. The number of anilines is 1. The molecule has 6 heteroatoms. The van der Waals surface area contributed by atoms with E-state index in [0.29, 0.717) is 29.8 Å². The third-order valence-corrected chi connectivity index (χ3v) is 4.89. The highest BCUT2D eigenvalue weighted by Crippen LogP contribution is 2.23. The Morgan fingerprint density at radius 3 is 2.50 bits per heavy atom. The largest absolute Gasteiger partial charge is 0.508 e. The van der Waals surface area contributed by atoms with Crippen LogP contribution in [0.1, 0.15) is 26.3 Å². The minimum absolute atomic E-state index is 0.204. The maximum Gasteiger partial charge on any atom is 0.255 e. The molecule has 0 fully saturated rings. The number of aromatic nitrogens is 1. The van der Waals surface area contributed by atoms with Gasteiger partial charge in [-0.25, -0.2) is 0 Å². The summed E-state index contributed by atoms with van der Waals surface area (Å²) in [5, 5.41) is 16.3. The van der Waals surface area contributed by atoms with Crippen molar-refractivity contribution >= 4 is 28.4 Å². The fraction of sp³-hybridized carbons (Fsp3) is 0.0833. The maximum absolute atomic E-state index is 12.7. The Hall–Kier alpha value is -4.06. The lowest BCUT2D eigenvalue weighted by Crippen LogP contribution is -2.27. The number of hydrogen-bond acceptors (Lipinski definition) is 3. The number of H-pyrrole nitrogens is 1. The van der Waals surface area contributed by atoms with Crippen molar-refractivity contribution < 1.29 is 14.7 Å². The molecule has 150 valence electrons. The first-order valence-corrected chi connectivity index (χ1v) is 9.64. The summed E-state index contributed by atoms with van der Waals surface area (Å²) in [4.78, 5) is 28.3. The zero-order valence-corrected chi connectivity index (χ0v) is 16.2. The van der Waals surface area contributed by atoms with E-state index in [1.54, 1.807) is 60.7 Å². The topological polar surface area (TPSA) is 94.2 Å². The highest BCUT2D eigenvalue weighted by molar-refractivity contribution is 6.09. The number of nitrogens with one attached hydrogen (secondary N) is 3. The Morgan fingerprint density at radius 2 is 1.67 bits per heavy atom. The van der Waals surface area contributed by atoms with E-state index in [4.69, 9.17) is 0 Å². The summed E-state index contributed by atoms with van der Waals surface area (Å²) in [6, 6.07) is 20.9. The Labute approximate surface area is 173 Å². The number of aromatic amines is 1. The first kappa shape index (κ1) is 19.3. The minimum atomic E-state index is -0.269. The Balaban J connectivity index is 1.42. The van der Waals surface area contributed by atoms with E-state index < -0.39 is 0 Å². The summed E-state index contributed by atoms with van der Waals surface area (Å²) >= 11 is 0. The van der Waals surface area contributed by atoms with Gasteiger partial charge in [-0.1, -0.05) is 30.3 Å². The van der Waals surface area contributed by atoms with Crippen LogP contribution in [0, 0.1) is 0 Å². The van der Waals surface area contributed by atoms with Gasteiger partial charge in [0.25, 0.3) is 11.8 Å². The molecular weight excluding hydrogens is 378 g/mol. The number of aromatic hydroxyl groups is 1. The maximum atomic E-state index is 12.7. The molecule has 1 heterocycles. The van der Waals surface area contributed by atoms with Crippen LogP contribution in [0.25, 0.3) is 10.9 Å². The van der Waals surface area contributed by atoms with Crippen molar-refractivity contribution in [2.24, 2.45) is 0 Å². The SMILES string of the molecule is O=C(Nc1ccccc1C(=O)NCCc1c[nH]c2ccc(O)cc12)c1ccccc1. The molecule has 0 radical (unpaired) electrons. The van der Waals surface area contributed by atoms with Crippen LogP contribution in [0.3, 0.4) is 0 Å². The van der Waals surface area contributed by atoms with Crippen LogP contribution in [0.2, 0.25) is 0 Å². The van der Waals surface area contributed by atoms with Gasteiger partial charge in [0, 0.05) is 29.2 Å². The summed E-state index contributed by atoms with van der Waals surface area (Å²) in [5.41, 5.74) is 3.32. The number of para-hydroxylation sites is 1. The zero-order valence-electron chi connectivity index (χ0n) is 16.2.